The molecule has 0 atom stereocenters. The Hall–Kier alpha value is -1.55. The van der Waals surface area contributed by atoms with Crippen LogP contribution in [0.3, 0.4) is 0 Å². The highest BCUT2D eigenvalue weighted by Crippen LogP contribution is 2.10. The van der Waals surface area contributed by atoms with Crippen LogP contribution >= 0.6 is 0 Å². The molecule has 0 N–H and O–H groups in total. The third kappa shape index (κ3) is 5.68. The Morgan fingerprint density at radius 3 is 2.50 bits per heavy atom. The number of ether oxygens (including phenoxy) is 1. The highest BCUT2D eigenvalue weighted by molar-refractivity contribution is 5.76. The van der Waals surface area contributed by atoms with E-state index in [4.69, 9.17) is 4.74 Å². The number of rotatable bonds is 8. The molecule has 1 aliphatic heterocycles. The maximum absolute atomic E-state index is 12.2. The quantitative estimate of drug-likeness (QED) is 0.692. The van der Waals surface area contributed by atoms with Crippen LogP contribution in [0.1, 0.15) is 32.6 Å². The number of amides is 1. The van der Waals surface area contributed by atoms with Crippen molar-refractivity contribution in [2.24, 2.45) is 0 Å². The van der Waals surface area contributed by atoms with E-state index >= 15 is 0 Å². The van der Waals surface area contributed by atoms with Gasteiger partial charge in [-0.1, -0.05) is 38.0 Å². The van der Waals surface area contributed by atoms with Crippen molar-refractivity contribution in [3.05, 3.63) is 30.3 Å². The first kappa shape index (κ1) is 16.8. The van der Waals surface area contributed by atoms with E-state index in [0.29, 0.717) is 13.0 Å². The van der Waals surface area contributed by atoms with Crippen molar-refractivity contribution in [3.63, 3.8) is 0 Å². The Morgan fingerprint density at radius 1 is 1.09 bits per heavy atom. The summed E-state index contributed by atoms with van der Waals surface area (Å²) in [6, 6.07) is 9.67. The summed E-state index contributed by atoms with van der Waals surface area (Å²) in [4.78, 5) is 16.6. The fourth-order valence-electron chi connectivity index (χ4n) is 2.74. The highest BCUT2D eigenvalue weighted by atomic mass is 16.5. The molecule has 1 aromatic rings. The number of carbonyl (C=O) groups excluding carboxylic acids is 1. The minimum atomic E-state index is 0.212. The van der Waals surface area contributed by atoms with Gasteiger partial charge in [-0.2, -0.15) is 0 Å². The average molecular weight is 304 g/mol. The zero-order valence-corrected chi connectivity index (χ0v) is 13.7. The number of piperazine rings is 1. The number of hydrogen-bond acceptors (Lipinski definition) is 3. The molecule has 1 aromatic carbocycles. The molecule has 0 aliphatic carbocycles. The Bertz CT molecular complexity index is 428. The van der Waals surface area contributed by atoms with Crippen molar-refractivity contribution < 1.29 is 9.53 Å². The van der Waals surface area contributed by atoms with Gasteiger partial charge in [0, 0.05) is 26.2 Å². The molecule has 1 aliphatic rings. The van der Waals surface area contributed by atoms with Gasteiger partial charge < -0.3 is 9.64 Å². The summed E-state index contributed by atoms with van der Waals surface area (Å²) in [6.45, 7) is 7.59. The minimum absolute atomic E-state index is 0.212. The van der Waals surface area contributed by atoms with E-state index in [1.54, 1.807) is 0 Å². The number of carbonyl (C=O) groups is 1. The predicted octanol–water partition coefficient (Wildman–Crippen LogP) is 2.79. The number of para-hydroxylation sites is 1. The predicted molar refractivity (Wildman–Crippen MR) is 89.1 cm³/mol. The second-order valence-corrected chi connectivity index (χ2v) is 5.84. The van der Waals surface area contributed by atoms with Gasteiger partial charge in [-0.05, 0) is 25.1 Å². The van der Waals surface area contributed by atoms with E-state index in [1.165, 1.54) is 25.8 Å². The van der Waals surface area contributed by atoms with Crippen molar-refractivity contribution in [2.75, 3.05) is 39.3 Å². The average Bonchev–Trinajstić information content (AvgIpc) is 2.56. The zero-order chi connectivity index (χ0) is 15.6. The zero-order valence-electron chi connectivity index (χ0n) is 13.7. The van der Waals surface area contributed by atoms with Gasteiger partial charge in [0.2, 0.25) is 5.91 Å². The van der Waals surface area contributed by atoms with E-state index in [0.717, 1.165) is 31.9 Å². The first-order chi connectivity index (χ1) is 10.8. The van der Waals surface area contributed by atoms with E-state index in [1.807, 2.05) is 35.2 Å². The van der Waals surface area contributed by atoms with Gasteiger partial charge in [0.15, 0.2) is 0 Å². The van der Waals surface area contributed by atoms with E-state index in [9.17, 15) is 4.79 Å². The Kier molecular flexibility index (Phi) is 7.23. The van der Waals surface area contributed by atoms with Gasteiger partial charge in [0.25, 0.3) is 0 Å². The molecule has 1 saturated heterocycles. The molecule has 4 nitrogen and oxygen atoms in total. The van der Waals surface area contributed by atoms with Gasteiger partial charge in [-0.25, -0.2) is 0 Å². The van der Waals surface area contributed by atoms with Crippen LogP contribution in [0.25, 0.3) is 0 Å². The van der Waals surface area contributed by atoms with Crippen LogP contribution in [0, 0.1) is 0 Å². The van der Waals surface area contributed by atoms with Gasteiger partial charge in [-0.15, -0.1) is 0 Å². The third-order valence-electron chi connectivity index (χ3n) is 4.13. The smallest absolute Gasteiger partial charge is 0.226 e. The van der Waals surface area contributed by atoms with Crippen molar-refractivity contribution in [1.82, 2.24) is 9.80 Å². The summed E-state index contributed by atoms with van der Waals surface area (Å²) in [7, 11) is 0. The molecular formula is C18H28N2O2. The van der Waals surface area contributed by atoms with Crippen LogP contribution in [-0.2, 0) is 4.79 Å². The summed E-state index contributed by atoms with van der Waals surface area (Å²) >= 11 is 0. The molecule has 0 radical (unpaired) electrons. The van der Waals surface area contributed by atoms with Crippen LogP contribution in [0.2, 0.25) is 0 Å². The molecule has 1 fully saturated rings. The lowest BCUT2D eigenvalue weighted by Crippen LogP contribution is -2.49. The number of benzene rings is 1. The van der Waals surface area contributed by atoms with Gasteiger partial charge in [0.05, 0.1) is 13.0 Å². The lowest BCUT2D eigenvalue weighted by Gasteiger charge is -2.34. The van der Waals surface area contributed by atoms with E-state index in [2.05, 4.69) is 11.8 Å². The maximum atomic E-state index is 12.2. The topological polar surface area (TPSA) is 32.8 Å². The summed E-state index contributed by atoms with van der Waals surface area (Å²) in [5.41, 5.74) is 0. The summed E-state index contributed by atoms with van der Waals surface area (Å²) in [5, 5.41) is 0. The van der Waals surface area contributed by atoms with Crippen LogP contribution in [0.15, 0.2) is 30.3 Å². The number of hydrogen-bond donors (Lipinski definition) is 0. The summed E-state index contributed by atoms with van der Waals surface area (Å²) < 4.78 is 5.60. The maximum Gasteiger partial charge on any atom is 0.226 e. The Labute approximate surface area is 134 Å². The highest BCUT2D eigenvalue weighted by Gasteiger charge is 2.20. The van der Waals surface area contributed by atoms with Gasteiger partial charge in [-0.3, -0.25) is 9.69 Å². The first-order valence-electron chi connectivity index (χ1n) is 8.47. The van der Waals surface area contributed by atoms with E-state index in [-0.39, 0.29) is 5.91 Å². The van der Waals surface area contributed by atoms with E-state index < -0.39 is 0 Å². The van der Waals surface area contributed by atoms with Gasteiger partial charge >= 0.3 is 0 Å². The van der Waals surface area contributed by atoms with Crippen LogP contribution in [-0.4, -0.2) is 55.0 Å². The van der Waals surface area contributed by atoms with Crippen LogP contribution in [0.4, 0.5) is 0 Å². The second kappa shape index (κ2) is 9.46. The lowest BCUT2D eigenvalue weighted by atomic mass is 10.2. The molecule has 1 heterocycles. The monoisotopic (exact) mass is 304 g/mol. The summed E-state index contributed by atoms with van der Waals surface area (Å²) in [5.74, 6) is 1.04. The van der Waals surface area contributed by atoms with Crippen molar-refractivity contribution in [2.45, 2.75) is 32.6 Å². The molecule has 122 valence electrons. The minimum Gasteiger partial charge on any atom is -0.493 e. The fraction of sp³-hybridized carbons (Fsp3) is 0.611. The number of unbranched alkanes of at least 4 members (excludes halogenated alkanes) is 2. The number of nitrogens with zero attached hydrogens (tertiary/aromatic N) is 2. The normalized spacial score (nSPS) is 15.8. The molecule has 22 heavy (non-hydrogen) atoms. The molecule has 0 aromatic heterocycles. The van der Waals surface area contributed by atoms with Crippen LogP contribution in [0.5, 0.6) is 5.75 Å². The lowest BCUT2D eigenvalue weighted by molar-refractivity contribution is -0.133. The molecular weight excluding hydrogens is 276 g/mol. The van der Waals surface area contributed by atoms with Crippen molar-refractivity contribution in [1.29, 1.82) is 0 Å². The molecule has 0 spiro atoms. The molecule has 0 unspecified atom stereocenters. The van der Waals surface area contributed by atoms with Crippen molar-refractivity contribution >= 4 is 5.91 Å². The molecule has 0 saturated carbocycles. The first-order valence-corrected chi connectivity index (χ1v) is 8.47. The molecule has 0 bridgehead atoms. The summed E-state index contributed by atoms with van der Waals surface area (Å²) in [6.07, 6.45) is 4.30. The SMILES string of the molecule is CCCCCN1CCN(C(=O)CCOc2ccccc2)CC1. The standard InChI is InChI=1S/C18H28N2O2/c1-2-3-7-11-19-12-14-20(15-13-19)18(21)10-16-22-17-8-5-4-6-9-17/h4-6,8-9H,2-3,7,10-16H2,1H3. The fourth-order valence-corrected chi connectivity index (χ4v) is 2.74. The van der Waals surface area contributed by atoms with Crippen LogP contribution < -0.4 is 4.74 Å². The van der Waals surface area contributed by atoms with Gasteiger partial charge in [0.1, 0.15) is 5.75 Å². The molecule has 1 amide bonds. The molecule has 4 heteroatoms. The van der Waals surface area contributed by atoms with Crippen molar-refractivity contribution in [3.8, 4) is 5.75 Å². The Balaban J connectivity index is 1.61. The Morgan fingerprint density at radius 2 is 1.82 bits per heavy atom. The second-order valence-electron chi connectivity index (χ2n) is 5.84. The third-order valence-corrected chi connectivity index (χ3v) is 4.13. The largest absolute Gasteiger partial charge is 0.493 e. The molecule has 2 rings (SSSR count).